The van der Waals surface area contributed by atoms with Gasteiger partial charge in [-0.2, -0.15) is 0 Å². The number of aromatic nitrogens is 2. The van der Waals surface area contributed by atoms with Gasteiger partial charge in [0, 0.05) is 25.5 Å². The van der Waals surface area contributed by atoms with Gasteiger partial charge in [0.05, 0.1) is 6.33 Å². The highest BCUT2D eigenvalue weighted by atomic mass is 35.5. The highest BCUT2D eigenvalue weighted by molar-refractivity contribution is 5.85. The van der Waals surface area contributed by atoms with Crippen LogP contribution in [0.5, 0.6) is 0 Å². The van der Waals surface area contributed by atoms with Crippen LogP contribution in [0.2, 0.25) is 0 Å². The van der Waals surface area contributed by atoms with Crippen LogP contribution in [0, 0.1) is 5.82 Å². The van der Waals surface area contributed by atoms with Gasteiger partial charge in [0.1, 0.15) is 5.82 Å². The highest BCUT2D eigenvalue weighted by Gasteiger charge is 1.94. The monoisotopic (exact) mass is 269 g/mol. The summed E-state index contributed by atoms with van der Waals surface area (Å²) in [5.41, 5.74) is 1.11. The molecule has 5 heteroatoms. The van der Waals surface area contributed by atoms with Gasteiger partial charge in [0.25, 0.3) is 0 Å². The van der Waals surface area contributed by atoms with Crippen LogP contribution in [0.15, 0.2) is 43.0 Å². The van der Waals surface area contributed by atoms with Crippen molar-refractivity contribution in [1.82, 2.24) is 14.9 Å². The largest absolute Gasteiger partial charge is 0.337 e. The smallest absolute Gasteiger partial charge is 0.123 e. The molecule has 0 radical (unpaired) electrons. The SMILES string of the molecule is Cl.Fc1ccc(CNCCCn2ccnc2)cc1. The molecular weight excluding hydrogens is 253 g/mol. The van der Waals surface area contributed by atoms with Crippen LogP contribution in [-0.2, 0) is 13.1 Å². The molecule has 0 atom stereocenters. The summed E-state index contributed by atoms with van der Waals surface area (Å²) < 4.78 is 14.7. The van der Waals surface area contributed by atoms with Crippen LogP contribution < -0.4 is 5.32 Å². The van der Waals surface area contributed by atoms with Crippen molar-refractivity contribution in [2.45, 2.75) is 19.5 Å². The summed E-state index contributed by atoms with van der Waals surface area (Å²) in [7, 11) is 0. The second-order valence-corrected chi connectivity index (χ2v) is 3.96. The molecule has 1 aromatic heterocycles. The van der Waals surface area contributed by atoms with Gasteiger partial charge in [0.15, 0.2) is 0 Å². The van der Waals surface area contributed by atoms with E-state index in [1.165, 1.54) is 12.1 Å². The Bertz CT molecular complexity index is 428. The second kappa shape index (κ2) is 7.84. The van der Waals surface area contributed by atoms with Crippen LogP contribution >= 0.6 is 12.4 Å². The predicted octanol–water partition coefficient (Wildman–Crippen LogP) is 2.62. The minimum atomic E-state index is -0.186. The van der Waals surface area contributed by atoms with Crippen molar-refractivity contribution in [2.24, 2.45) is 0 Å². The summed E-state index contributed by atoms with van der Waals surface area (Å²) in [5, 5.41) is 3.33. The molecule has 0 saturated carbocycles. The van der Waals surface area contributed by atoms with Gasteiger partial charge >= 0.3 is 0 Å². The van der Waals surface area contributed by atoms with E-state index in [-0.39, 0.29) is 18.2 Å². The molecule has 1 heterocycles. The topological polar surface area (TPSA) is 29.9 Å². The zero-order valence-corrected chi connectivity index (χ0v) is 10.9. The first-order chi connectivity index (χ1) is 8.34. The molecule has 0 bridgehead atoms. The summed E-state index contributed by atoms with van der Waals surface area (Å²) >= 11 is 0. The van der Waals surface area contributed by atoms with Crippen molar-refractivity contribution in [2.75, 3.05) is 6.54 Å². The summed E-state index contributed by atoms with van der Waals surface area (Å²) in [5.74, 6) is -0.186. The van der Waals surface area contributed by atoms with E-state index in [1.54, 1.807) is 18.3 Å². The summed E-state index contributed by atoms with van der Waals surface area (Å²) in [6, 6.07) is 6.58. The fraction of sp³-hybridized carbons (Fsp3) is 0.308. The van der Waals surface area contributed by atoms with Crippen molar-refractivity contribution in [3.8, 4) is 0 Å². The number of aryl methyl sites for hydroxylation is 1. The molecule has 0 aliphatic rings. The molecule has 98 valence electrons. The van der Waals surface area contributed by atoms with Gasteiger partial charge in [-0.05, 0) is 30.7 Å². The molecule has 2 aromatic rings. The van der Waals surface area contributed by atoms with Crippen LogP contribution in [0.25, 0.3) is 0 Å². The standard InChI is InChI=1S/C13H16FN3.ClH/c14-13-4-2-12(3-5-13)10-15-6-1-8-17-9-7-16-11-17;/h2-5,7,9,11,15H,1,6,8,10H2;1H. The van der Waals surface area contributed by atoms with E-state index in [4.69, 9.17) is 0 Å². The van der Waals surface area contributed by atoms with Crippen molar-refractivity contribution in [3.63, 3.8) is 0 Å². The third-order valence-corrected chi connectivity index (χ3v) is 2.57. The highest BCUT2D eigenvalue weighted by Crippen LogP contribution is 2.01. The molecule has 0 unspecified atom stereocenters. The first kappa shape index (κ1) is 14.7. The first-order valence-electron chi connectivity index (χ1n) is 5.75. The first-order valence-corrected chi connectivity index (χ1v) is 5.75. The van der Waals surface area contributed by atoms with Gasteiger partial charge in [-0.25, -0.2) is 9.37 Å². The van der Waals surface area contributed by atoms with Crippen molar-refractivity contribution in [1.29, 1.82) is 0 Å². The molecular formula is C13H17ClFN3. The Balaban J connectivity index is 0.00000162. The maximum absolute atomic E-state index is 12.7. The average Bonchev–Trinajstić information content (AvgIpc) is 2.84. The normalized spacial score (nSPS) is 10.1. The Hall–Kier alpha value is -1.39. The third kappa shape index (κ3) is 4.85. The van der Waals surface area contributed by atoms with Gasteiger partial charge in [-0.15, -0.1) is 12.4 Å². The summed E-state index contributed by atoms with van der Waals surface area (Å²) in [4.78, 5) is 3.98. The lowest BCUT2D eigenvalue weighted by molar-refractivity contribution is 0.579. The lowest BCUT2D eigenvalue weighted by Gasteiger charge is -2.05. The number of nitrogens with one attached hydrogen (secondary N) is 1. The average molecular weight is 270 g/mol. The van der Waals surface area contributed by atoms with Gasteiger partial charge in [-0.3, -0.25) is 0 Å². The van der Waals surface area contributed by atoms with E-state index < -0.39 is 0 Å². The molecule has 0 aliphatic heterocycles. The van der Waals surface area contributed by atoms with Crippen LogP contribution in [0.4, 0.5) is 4.39 Å². The predicted molar refractivity (Wildman–Crippen MR) is 72.2 cm³/mol. The number of hydrogen-bond acceptors (Lipinski definition) is 2. The van der Waals surface area contributed by atoms with E-state index in [0.29, 0.717) is 0 Å². The van der Waals surface area contributed by atoms with Crippen molar-refractivity contribution >= 4 is 12.4 Å². The van der Waals surface area contributed by atoms with Crippen LogP contribution in [-0.4, -0.2) is 16.1 Å². The Morgan fingerprint density at radius 1 is 1.22 bits per heavy atom. The molecule has 0 amide bonds. The molecule has 0 saturated heterocycles. The molecule has 1 N–H and O–H groups in total. The zero-order chi connectivity index (χ0) is 11.9. The molecule has 18 heavy (non-hydrogen) atoms. The van der Waals surface area contributed by atoms with Crippen molar-refractivity contribution < 1.29 is 4.39 Å². The van der Waals surface area contributed by atoms with Crippen LogP contribution in [0.1, 0.15) is 12.0 Å². The number of rotatable bonds is 6. The lowest BCUT2D eigenvalue weighted by atomic mass is 10.2. The summed E-state index contributed by atoms with van der Waals surface area (Å²) in [6.07, 6.45) is 6.61. The molecule has 3 nitrogen and oxygen atoms in total. The van der Waals surface area contributed by atoms with E-state index >= 15 is 0 Å². The number of benzene rings is 1. The lowest BCUT2D eigenvalue weighted by Crippen LogP contribution is -2.16. The third-order valence-electron chi connectivity index (χ3n) is 2.57. The molecule has 0 aliphatic carbocycles. The van der Waals surface area contributed by atoms with E-state index in [9.17, 15) is 4.39 Å². The van der Waals surface area contributed by atoms with Gasteiger partial charge in [-0.1, -0.05) is 12.1 Å². The molecule has 2 rings (SSSR count). The Morgan fingerprint density at radius 3 is 2.67 bits per heavy atom. The molecule has 0 fully saturated rings. The van der Waals surface area contributed by atoms with Gasteiger partial charge < -0.3 is 9.88 Å². The number of halogens is 2. The molecule has 1 aromatic carbocycles. The Morgan fingerprint density at radius 2 is 2.00 bits per heavy atom. The minimum absolute atomic E-state index is 0. The van der Waals surface area contributed by atoms with E-state index in [2.05, 4.69) is 14.9 Å². The fourth-order valence-electron chi connectivity index (χ4n) is 1.64. The maximum atomic E-state index is 12.7. The van der Waals surface area contributed by atoms with Crippen LogP contribution in [0.3, 0.4) is 0 Å². The van der Waals surface area contributed by atoms with Crippen molar-refractivity contribution in [3.05, 3.63) is 54.4 Å². The molecule has 0 spiro atoms. The minimum Gasteiger partial charge on any atom is -0.337 e. The number of hydrogen-bond donors (Lipinski definition) is 1. The second-order valence-electron chi connectivity index (χ2n) is 3.96. The number of imidazole rings is 1. The fourth-order valence-corrected chi connectivity index (χ4v) is 1.64. The van der Waals surface area contributed by atoms with E-state index in [0.717, 1.165) is 31.6 Å². The van der Waals surface area contributed by atoms with E-state index in [1.807, 2.05) is 12.5 Å². The summed E-state index contributed by atoms with van der Waals surface area (Å²) in [6.45, 7) is 2.69. The zero-order valence-electron chi connectivity index (χ0n) is 10.1. The Kier molecular flexibility index (Phi) is 6.39. The quantitative estimate of drug-likeness (QED) is 0.817. The maximum Gasteiger partial charge on any atom is 0.123 e. The van der Waals surface area contributed by atoms with Gasteiger partial charge in [0.2, 0.25) is 0 Å². The number of nitrogens with zero attached hydrogens (tertiary/aromatic N) is 2. The Labute approximate surface area is 112 Å².